The van der Waals surface area contributed by atoms with Crippen molar-refractivity contribution in [3.05, 3.63) is 60.2 Å². The fraction of sp³-hybridized carbons (Fsp3) is 0.316. The Morgan fingerprint density at radius 3 is 2.26 bits per heavy atom. The summed E-state index contributed by atoms with van der Waals surface area (Å²) in [5.41, 5.74) is 0.779. The van der Waals surface area contributed by atoms with E-state index in [-0.39, 0.29) is 11.8 Å². The van der Waals surface area contributed by atoms with Gasteiger partial charge in [0.1, 0.15) is 0 Å². The average molecular weight is 327 g/mol. The van der Waals surface area contributed by atoms with Crippen LogP contribution in [0.15, 0.2) is 64.4 Å². The van der Waals surface area contributed by atoms with Gasteiger partial charge in [-0.05, 0) is 31.2 Å². The predicted octanol–water partition coefficient (Wildman–Crippen LogP) is 3.74. The molecule has 1 aliphatic heterocycles. The van der Waals surface area contributed by atoms with Gasteiger partial charge >= 0.3 is 0 Å². The van der Waals surface area contributed by atoms with E-state index >= 15 is 0 Å². The van der Waals surface area contributed by atoms with Gasteiger partial charge in [-0.1, -0.05) is 42.1 Å². The lowest BCUT2D eigenvalue weighted by atomic mass is 10.0. The lowest BCUT2D eigenvalue weighted by Crippen LogP contribution is -2.45. The van der Waals surface area contributed by atoms with Crippen LogP contribution in [-0.4, -0.2) is 43.0 Å². The number of rotatable bonds is 5. The molecule has 1 atom stereocenters. The van der Waals surface area contributed by atoms with Crippen molar-refractivity contribution in [2.24, 2.45) is 0 Å². The van der Waals surface area contributed by atoms with E-state index in [9.17, 15) is 4.79 Å². The molecule has 120 valence electrons. The SMILES string of the molecule is CC(C(=O)c1ccc(Sc2ccccc2)cc1)N1CCOCC1. The van der Waals surface area contributed by atoms with Crippen LogP contribution in [0.5, 0.6) is 0 Å². The second-order valence-corrected chi connectivity index (χ2v) is 6.77. The number of morpholine rings is 1. The fourth-order valence-corrected chi connectivity index (χ4v) is 3.52. The third-order valence-corrected chi connectivity index (χ3v) is 5.11. The maximum atomic E-state index is 12.6. The third-order valence-electron chi connectivity index (χ3n) is 4.09. The number of ketones is 1. The molecule has 2 aromatic rings. The molecule has 0 aromatic heterocycles. The van der Waals surface area contributed by atoms with E-state index in [2.05, 4.69) is 17.0 Å². The van der Waals surface area contributed by atoms with Crippen LogP contribution in [0.3, 0.4) is 0 Å². The summed E-state index contributed by atoms with van der Waals surface area (Å²) in [4.78, 5) is 17.2. The lowest BCUT2D eigenvalue weighted by molar-refractivity contribution is 0.0208. The van der Waals surface area contributed by atoms with E-state index < -0.39 is 0 Å². The van der Waals surface area contributed by atoms with Gasteiger partial charge in [0.05, 0.1) is 19.3 Å². The first-order valence-corrected chi connectivity index (χ1v) is 8.74. The number of carbonyl (C=O) groups is 1. The predicted molar refractivity (Wildman–Crippen MR) is 93.2 cm³/mol. The third kappa shape index (κ3) is 4.22. The van der Waals surface area contributed by atoms with Crippen molar-refractivity contribution < 1.29 is 9.53 Å². The molecular formula is C19H21NO2S. The highest BCUT2D eigenvalue weighted by Gasteiger charge is 2.23. The van der Waals surface area contributed by atoms with Crippen LogP contribution >= 0.6 is 11.8 Å². The lowest BCUT2D eigenvalue weighted by Gasteiger charge is -2.31. The van der Waals surface area contributed by atoms with E-state index in [0.717, 1.165) is 23.5 Å². The summed E-state index contributed by atoms with van der Waals surface area (Å²) in [6, 6.07) is 18.1. The zero-order valence-electron chi connectivity index (χ0n) is 13.3. The van der Waals surface area contributed by atoms with Crippen LogP contribution in [0, 0.1) is 0 Å². The summed E-state index contributed by atoms with van der Waals surface area (Å²) in [6.07, 6.45) is 0. The van der Waals surface area contributed by atoms with Crippen LogP contribution in [0.1, 0.15) is 17.3 Å². The van der Waals surface area contributed by atoms with E-state index in [4.69, 9.17) is 4.74 Å². The second-order valence-electron chi connectivity index (χ2n) is 5.63. The highest BCUT2D eigenvalue weighted by atomic mass is 32.2. The number of carbonyl (C=O) groups excluding carboxylic acids is 1. The molecule has 0 radical (unpaired) electrons. The maximum absolute atomic E-state index is 12.6. The molecular weight excluding hydrogens is 306 g/mol. The van der Waals surface area contributed by atoms with Crippen LogP contribution in [0.2, 0.25) is 0 Å². The summed E-state index contributed by atoms with van der Waals surface area (Å²) in [6.45, 7) is 5.07. The van der Waals surface area contributed by atoms with Crippen molar-refractivity contribution in [2.45, 2.75) is 22.8 Å². The largest absolute Gasteiger partial charge is 0.379 e. The maximum Gasteiger partial charge on any atom is 0.179 e. The molecule has 0 spiro atoms. The molecule has 1 unspecified atom stereocenters. The molecule has 1 saturated heterocycles. The van der Waals surface area contributed by atoms with Crippen molar-refractivity contribution in [2.75, 3.05) is 26.3 Å². The van der Waals surface area contributed by atoms with Gasteiger partial charge in [0.15, 0.2) is 5.78 Å². The minimum atomic E-state index is -0.0912. The van der Waals surface area contributed by atoms with E-state index in [1.807, 2.05) is 49.4 Å². The van der Waals surface area contributed by atoms with Crippen LogP contribution in [0.25, 0.3) is 0 Å². The Labute approximate surface area is 141 Å². The molecule has 3 rings (SSSR count). The van der Waals surface area contributed by atoms with Crippen molar-refractivity contribution in [1.29, 1.82) is 0 Å². The smallest absolute Gasteiger partial charge is 0.179 e. The van der Waals surface area contributed by atoms with Gasteiger partial charge in [-0.2, -0.15) is 0 Å². The molecule has 3 nitrogen and oxygen atoms in total. The van der Waals surface area contributed by atoms with Crippen molar-refractivity contribution in [1.82, 2.24) is 4.90 Å². The van der Waals surface area contributed by atoms with E-state index in [0.29, 0.717) is 13.2 Å². The molecule has 0 aliphatic carbocycles. The van der Waals surface area contributed by atoms with Gasteiger partial charge < -0.3 is 4.74 Å². The van der Waals surface area contributed by atoms with Gasteiger partial charge in [-0.25, -0.2) is 0 Å². The van der Waals surface area contributed by atoms with Gasteiger partial charge in [0, 0.05) is 28.4 Å². The molecule has 4 heteroatoms. The molecule has 23 heavy (non-hydrogen) atoms. The van der Waals surface area contributed by atoms with Gasteiger partial charge in [-0.3, -0.25) is 9.69 Å². The van der Waals surface area contributed by atoms with Crippen molar-refractivity contribution in [3.63, 3.8) is 0 Å². The summed E-state index contributed by atoms with van der Waals surface area (Å²) in [7, 11) is 0. The molecule has 1 heterocycles. The van der Waals surface area contributed by atoms with Crippen LogP contribution in [-0.2, 0) is 4.74 Å². The van der Waals surface area contributed by atoms with Gasteiger partial charge in [-0.15, -0.1) is 0 Å². The number of nitrogens with zero attached hydrogens (tertiary/aromatic N) is 1. The molecule has 2 aromatic carbocycles. The summed E-state index contributed by atoms with van der Waals surface area (Å²) in [5, 5.41) is 0. The number of ether oxygens (including phenoxy) is 1. The minimum absolute atomic E-state index is 0.0912. The highest BCUT2D eigenvalue weighted by molar-refractivity contribution is 7.99. The Kier molecular flexibility index (Phi) is 5.49. The Bertz CT molecular complexity index is 636. The second kappa shape index (κ2) is 7.77. The Balaban J connectivity index is 1.65. The Morgan fingerprint density at radius 1 is 1.00 bits per heavy atom. The van der Waals surface area contributed by atoms with Gasteiger partial charge in [0.2, 0.25) is 0 Å². The number of hydrogen-bond acceptors (Lipinski definition) is 4. The summed E-state index contributed by atoms with van der Waals surface area (Å²) < 4.78 is 5.35. The summed E-state index contributed by atoms with van der Waals surface area (Å²) >= 11 is 1.71. The molecule has 1 aliphatic rings. The van der Waals surface area contributed by atoms with Crippen molar-refractivity contribution in [3.8, 4) is 0 Å². The minimum Gasteiger partial charge on any atom is -0.379 e. The fourth-order valence-electron chi connectivity index (χ4n) is 2.68. The molecule has 0 N–H and O–H groups in total. The topological polar surface area (TPSA) is 29.5 Å². The average Bonchev–Trinajstić information content (AvgIpc) is 2.63. The van der Waals surface area contributed by atoms with E-state index in [1.54, 1.807) is 11.8 Å². The van der Waals surface area contributed by atoms with Crippen LogP contribution in [0.4, 0.5) is 0 Å². The Hall–Kier alpha value is -1.62. The first-order valence-electron chi connectivity index (χ1n) is 7.93. The van der Waals surface area contributed by atoms with Gasteiger partial charge in [0.25, 0.3) is 0 Å². The standard InChI is InChI=1S/C19H21NO2S/c1-15(20-11-13-22-14-12-20)19(21)16-7-9-18(10-8-16)23-17-5-3-2-4-6-17/h2-10,15H,11-14H2,1H3. The molecule has 1 fully saturated rings. The normalized spacial score (nSPS) is 16.9. The Morgan fingerprint density at radius 2 is 1.61 bits per heavy atom. The zero-order chi connectivity index (χ0) is 16.1. The first-order chi connectivity index (χ1) is 11.2. The first kappa shape index (κ1) is 16.2. The highest BCUT2D eigenvalue weighted by Crippen LogP contribution is 2.27. The van der Waals surface area contributed by atoms with E-state index in [1.165, 1.54) is 4.90 Å². The van der Waals surface area contributed by atoms with Crippen molar-refractivity contribution >= 4 is 17.5 Å². The monoisotopic (exact) mass is 327 g/mol. The zero-order valence-corrected chi connectivity index (χ0v) is 14.1. The quantitative estimate of drug-likeness (QED) is 0.783. The van der Waals surface area contributed by atoms with Crippen LogP contribution < -0.4 is 0 Å². The molecule has 0 saturated carbocycles. The number of benzene rings is 2. The molecule has 0 bridgehead atoms. The number of Topliss-reactive ketones (excluding diaryl/α,β-unsaturated/α-hetero) is 1. The summed E-state index contributed by atoms with van der Waals surface area (Å²) in [5.74, 6) is 0.183. The molecule has 0 amide bonds. The number of hydrogen-bond donors (Lipinski definition) is 0.